The number of nitrogens with one attached hydrogen (secondary N) is 1. The number of rotatable bonds is 4. The number of hydrogen-bond acceptors (Lipinski definition) is 3. The van der Waals surface area contributed by atoms with E-state index in [-0.39, 0.29) is 5.91 Å². The van der Waals surface area contributed by atoms with Crippen molar-refractivity contribution in [1.29, 1.82) is 0 Å². The van der Waals surface area contributed by atoms with E-state index in [9.17, 15) is 9.59 Å². The number of carbonyl (C=O) groups is 2. The summed E-state index contributed by atoms with van der Waals surface area (Å²) in [5, 5.41) is 2.69. The lowest BCUT2D eigenvalue weighted by Gasteiger charge is -2.17. The van der Waals surface area contributed by atoms with E-state index in [1.54, 1.807) is 48.5 Å². The maximum atomic E-state index is 12.2. The molecule has 1 atom stereocenters. The second-order valence-electron chi connectivity index (χ2n) is 4.35. The van der Waals surface area contributed by atoms with Crippen molar-refractivity contribution in [3.8, 4) is 0 Å². The second-order valence-corrected chi connectivity index (χ2v) is 5.26. The molecule has 0 saturated heterocycles. The summed E-state index contributed by atoms with van der Waals surface area (Å²) in [7, 11) is 1.30. The van der Waals surface area contributed by atoms with Crippen molar-refractivity contribution in [2.75, 3.05) is 7.11 Å². The molecule has 4 nitrogen and oxygen atoms in total. The van der Waals surface area contributed by atoms with E-state index >= 15 is 0 Å². The first-order chi connectivity index (χ1) is 10.1. The monoisotopic (exact) mass is 347 g/mol. The molecule has 0 fully saturated rings. The predicted octanol–water partition coefficient (Wildman–Crippen LogP) is 3.09. The van der Waals surface area contributed by atoms with Gasteiger partial charge in [0, 0.05) is 10.0 Å². The molecule has 0 bridgehead atoms. The lowest BCUT2D eigenvalue weighted by molar-refractivity contribution is -0.143. The summed E-state index contributed by atoms with van der Waals surface area (Å²) in [6, 6.07) is 15.1. The Labute approximate surface area is 131 Å². The van der Waals surface area contributed by atoms with Crippen LogP contribution in [0, 0.1) is 0 Å². The summed E-state index contributed by atoms with van der Waals surface area (Å²) in [4.78, 5) is 24.1. The van der Waals surface area contributed by atoms with Gasteiger partial charge in [0.2, 0.25) is 0 Å². The molecule has 2 aromatic rings. The van der Waals surface area contributed by atoms with Crippen LogP contribution in [0.1, 0.15) is 22.0 Å². The van der Waals surface area contributed by atoms with Gasteiger partial charge in [0.05, 0.1) is 7.11 Å². The number of esters is 1. The minimum atomic E-state index is -0.827. The van der Waals surface area contributed by atoms with Crippen LogP contribution in [0.3, 0.4) is 0 Å². The fourth-order valence-corrected chi connectivity index (χ4v) is 2.12. The number of amides is 1. The van der Waals surface area contributed by atoms with Gasteiger partial charge >= 0.3 is 5.97 Å². The standard InChI is InChI=1S/C16H14BrNO3/c1-21-16(20)14(11-5-3-2-4-6-11)18-15(19)12-7-9-13(17)10-8-12/h2-10,14H,1H3,(H,18,19)/t14-/m1/s1. The van der Waals surface area contributed by atoms with Gasteiger partial charge < -0.3 is 10.1 Å². The molecule has 0 spiro atoms. The average Bonchev–Trinajstić information content (AvgIpc) is 2.53. The number of ether oxygens (including phenoxy) is 1. The van der Waals surface area contributed by atoms with E-state index in [1.807, 2.05) is 6.07 Å². The lowest BCUT2D eigenvalue weighted by Crippen LogP contribution is -2.34. The molecule has 1 N–H and O–H groups in total. The molecule has 0 radical (unpaired) electrons. The lowest BCUT2D eigenvalue weighted by atomic mass is 10.1. The van der Waals surface area contributed by atoms with Gasteiger partial charge in [0.25, 0.3) is 5.91 Å². The Morgan fingerprint density at radius 3 is 2.24 bits per heavy atom. The molecule has 0 heterocycles. The van der Waals surface area contributed by atoms with E-state index in [2.05, 4.69) is 21.2 Å². The van der Waals surface area contributed by atoms with Crippen molar-refractivity contribution in [3.05, 3.63) is 70.2 Å². The maximum Gasteiger partial charge on any atom is 0.333 e. The summed E-state index contributed by atoms with van der Waals surface area (Å²) in [5.74, 6) is -0.839. The first-order valence-electron chi connectivity index (χ1n) is 6.31. The van der Waals surface area contributed by atoms with Gasteiger partial charge in [-0.2, -0.15) is 0 Å². The summed E-state index contributed by atoms with van der Waals surface area (Å²) < 4.78 is 5.64. The first kappa shape index (κ1) is 15.3. The molecular formula is C16H14BrNO3. The van der Waals surface area contributed by atoms with Crippen LogP contribution in [0.5, 0.6) is 0 Å². The highest BCUT2D eigenvalue weighted by molar-refractivity contribution is 9.10. The summed E-state index contributed by atoms with van der Waals surface area (Å²) in [6.07, 6.45) is 0. The van der Waals surface area contributed by atoms with Crippen LogP contribution in [0.15, 0.2) is 59.1 Å². The quantitative estimate of drug-likeness (QED) is 0.864. The van der Waals surface area contributed by atoms with Crippen molar-refractivity contribution in [1.82, 2.24) is 5.32 Å². The third kappa shape index (κ3) is 3.92. The molecule has 0 aliphatic heterocycles. The van der Waals surface area contributed by atoms with Crippen LogP contribution < -0.4 is 5.32 Å². The molecule has 0 saturated carbocycles. The van der Waals surface area contributed by atoms with Gasteiger partial charge in [-0.3, -0.25) is 4.79 Å². The molecule has 2 aromatic carbocycles. The maximum absolute atomic E-state index is 12.2. The Morgan fingerprint density at radius 2 is 1.67 bits per heavy atom. The highest BCUT2D eigenvalue weighted by atomic mass is 79.9. The van der Waals surface area contributed by atoms with E-state index in [0.717, 1.165) is 4.47 Å². The normalized spacial score (nSPS) is 11.5. The third-order valence-corrected chi connectivity index (χ3v) is 3.48. The van der Waals surface area contributed by atoms with Crippen LogP contribution in [0.25, 0.3) is 0 Å². The van der Waals surface area contributed by atoms with E-state index < -0.39 is 12.0 Å². The van der Waals surface area contributed by atoms with Gasteiger partial charge in [0.1, 0.15) is 0 Å². The number of halogens is 1. The Kier molecular flexibility index (Phi) is 5.11. The van der Waals surface area contributed by atoms with E-state index in [1.165, 1.54) is 7.11 Å². The smallest absolute Gasteiger partial charge is 0.333 e. The van der Waals surface area contributed by atoms with Crippen molar-refractivity contribution in [2.24, 2.45) is 0 Å². The van der Waals surface area contributed by atoms with Crippen LogP contribution >= 0.6 is 15.9 Å². The second kappa shape index (κ2) is 7.04. The highest BCUT2D eigenvalue weighted by Crippen LogP contribution is 2.16. The Hall–Kier alpha value is -2.14. The first-order valence-corrected chi connectivity index (χ1v) is 7.10. The highest BCUT2D eigenvalue weighted by Gasteiger charge is 2.23. The van der Waals surface area contributed by atoms with Gasteiger partial charge in [0.15, 0.2) is 6.04 Å². The van der Waals surface area contributed by atoms with Gasteiger partial charge in [-0.05, 0) is 29.8 Å². The molecule has 21 heavy (non-hydrogen) atoms. The summed E-state index contributed by atoms with van der Waals surface area (Å²) >= 11 is 3.31. The predicted molar refractivity (Wildman–Crippen MR) is 82.8 cm³/mol. The molecule has 0 aromatic heterocycles. The third-order valence-electron chi connectivity index (χ3n) is 2.95. The molecule has 0 aliphatic rings. The van der Waals surface area contributed by atoms with Crippen molar-refractivity contribution < 1.29 is 14.3 Å². The zero-order chi connectivity index (χ0) is 15.2. The summed E-state index contributed by atoms with van der Waals surface area (Å²) in [5.41, 5.74) is 1.15. The zero-order valence-electron chi connectivity index (χ0n) is 11.4. The van der Waals surface area contributed by atoms with Crippen LogP contribution in [-0.4, -0.2) is 19.0 Å². The number of methoxy groups -OCH3 is 1. The van der Waals surface area contributed by atoms with Crippen molar-refractivity contribution in [2.45, 2.75) is 6.04 Å². The SMILES string of the molecule is COC(=O)[C@H](NC(=O)c1ccc(Br)cc1)c1ccccc1. The van der Waals surface area contributed by atoms with Crippen molar-refractivity contribution in [3.63, 3.8) is 0 Å². The summed E-state index contributed by atoms with van der Waals surface area (Å²) in [6.45, 7) is 0. The van der Waals surface area contributed by atoms with Gasteiger partial charge in [-0.25, -0.2) is 4.79 Å². The van der Waals surface area contributed by atoms with Gasteiger partial charge in [-0.15, -0.1) is 0 Å². The number of benzene rings is 2. The minimum absolute atomic E-state index is 0.332. The molecule has 0 aliphatic carbocycles. The van der Waals surface area contributed by atoms with Crippen LogP contribution in [-0.2, 0) is 9.53 Å². The molecule has 5 heteroatoms. The fourth-order valence-electron chi connectivity index (χ4n) is 1.86. The largest absolute Gasteiger partial charge is 0.467 e. The Morgan fingerprint density at radius 1 is 1.05 bits per heavy atom. The zero-order valence-corrected chi connectivity index (χ0v) is 13.0. The van der Waals surface area contributed by atoms with Crippen molar-refractivity contribution >= 4 is 27.8 Å². The minimum Gasteiger partial charge on any atom is -0.467 e. The molecular weight excluding hydrogens is 334 g/mol. The topological polar surface area (TPSA) is 55.4 Å². The average molecular weight is 348 g/mol. The molecule has 2 rings (SSSR count). The van der Waals surface area contributed by atoms with Gasteiger partial charge in [-0.1, -0.05) is 46.3 Å². The van der Waals surface area contributed by atoms with Crippen LogP contribution in [0.2, 0.25) is 0 Å². The fraction of sp³-hybridized carbons (Fsp3) is 0.125. The molecule has 0 unspecified atom stereocenters. The van der Waals surface area contributed by atoms with Crippen LogP contribution in [0.4, 0.5) is 0 Å². The molecule has 1 amide bonds. The Bertz CT molecular complexity index is 626. The van der Waals surface area contributed by atoms with E-state index in [4.69, 9.17) is 4.74 Å². The van der Waals surface area contributed by atoms with E-state index in [0.29, 0.717) is 11.1 Å². The molecule has 108 valence electrons. The number of hydrogen-bond donors (Lipinski definition) is 1. The number of carbonyl (C=O) groups excluding carboxylic acids is 2. The Balaban J connectivity index is 2.21.